The number of nitrogens with zero attached hydrogens (tertiary/aromatic N) is 2. The molecule has 6 heteroatoms. The Kier molecular flexibility index (Phi) is 4.77. The maximum atomic E-state index is 11.7. The molecule has 2 unspecified atom stereocenters. The first-order valence-electron chi connectivity index (χ1n) is 7.37. The molecule has 1 saturated carbocycles. The van der Waals surface area contributed by atoms with Crippen LogP contribution in [0.25, 0.3) is 0 Å². The topological polar surface area (TPSA) is 87.3 Å². The van der Waals surface area contributed by atoms with E-state index in [0.717, 1.165) is 19.3 Å². The van der Waals surface area contributed by atoms with E-state index in [1.54, 1.807) is 14.0 Å². The number of nitrogens with two attached hydrogens (primary N) is 1. The number of aromatic nitrogens is 2. The first kappa shape index (κ1) is 15.7. The largest absolute Gasteiger partial charge is 0.462 e. The van der Waals surface area contributed by atoms with Crippen molar-refractivity contribution in [3.05, 3.63) is 17.6 Å². The summed E-state index contributed by atoms with van der Waals surface area (Å²) in [5.74, 6) is 0.758. The van der Waals surface area contributed by atoms with Crippen LogP contribution >= 0.6 is 0 Å². The van der Waals surface area contributed by atoms with E-state index in [2.05, 4.69) is 16.9 Å². The van der Waals surface area contributed by atoms with E-state index in [0.29, 0.717) is 18.3 Å². The van der Waals surface area contributed by atoms with Gasteiger partial charge in [-0.2, -0.15) is 0 Å². The lowest BCUT2D eigenvalue weighted by Crippen LogP contribution is -2.36. The maximum Gasteiger partial charge on any atom is 0.343 e. The first-order valence-corrected chi connectivity index (χ1v) is 7.37. The van der Waals surface area contributed by atoms with Gasteiger partial charge in [0, 0.05) is 13.3 Å². The summed E-state index contributed by atoms with van der Waals surface area (Å²) in [6.07, 6.45) is 5.42. The van der Waals surface area contributed by atoms with Crippen LogP contribution in [0.15, 0.2) is 6.20 Å². The van der Waals surface area contributed by atoms with Crippen LogP contribution in [-0.4, -0.2) is 29.7 Å². The van der Waals surface area contributed by atoms with Crippen LogP contribution in [0.2, 0.25) is 0 Å². The molecular formula is C15H23N3O3. The molecule has 116 valence electrons. The van der Waals surface area contributed by atoms with Gasteiger partial charge in [-0.15, -0.1) is 0 Å². The molecule has 1 aliphatic carbocycles. The summed E-state index contributed by atoms with van der Waals surface area (Å²) < 4.78 is 10.7. The number of methoxy groups -OCH3 is 1. The molecule has 0 amide bonds. The summed E-state index contributed by atoms with van der Waals surface area (Å²) in [7, 11) is 1.68. The van der Waals surface area contributed by atoms with Crippen LogP contribution in [0.1, 0.15) is 55.7 Å². The Morgan fingerprint density at radius 3 is 2.90 bits per heavy atom. The number of nitrogen functional groups attached to an aromatic ring is 1. The van der Waals surface area contributed by atoms with E-state index in [1.807, 2.05) is 0 Å². The van der Waals surface area contributed by atoms with Gasteiger partial charge in [-0.25, -0.2) is 14.8 Å². The molecule has 1 aromatic rings. The summed E-state index contributed by atoms with van der Waals surface area (Å²) in [5.41, 5.74) is 5.60. The van der Waals surface area contributed by atoms with Gasteiger partial charge in [0.25, 0.3) is 0 Å². The fraction of sp³-hybridized carbons (Fsp3) is 0.667. The van der Waals surface area contributed by atoms with Gasteiger partial charge in [0.2, 0.25) is 0 Å². The van der Waals surface area contributed by atoms with Crippen LogP contribution in [0.3, 0.4) is 0 Å². The van der Waals surface area contributed by atoms with Gasteiger partial charge in [0.05, 0.1) is 6.61 Å². The van der Waals surface area contributed by atoms with E-state index >= 15 is 0 Å². The Labute approximate surface area is 125 Å². The van der Waals surface area contributed by atoms with Crippen molar-refractivity contribution in [3.63, 3.8) is 0 Å². The Morgan fingerprint density at radius 2 is 2.33 bits per heavy atom. The SMILES string of the molecule is CCOC(=O)c1cnc(C2(OC)CCCC(C)C2)nc1N. The van der Waals surface area contributed by atoms with Crippen molar-refractivity contribution in [3.8, 4) is 0 Å². The van der Waals surface area contributed by atoms with Crippen molar-refractivity contribution in [2.75, 3.05) is 19.5 Å². The molecule has 1 fully saturated rings. The summed E-state index contributed by atoms with van der Waals surface area (Å²) in [6, 6.07) is 0. The van der Waals surface area contributed by atoms with Gasteiger partial charge >= 0.3 is 5.97 Å². The lowest BCUT2D eigenvalue weighted by molar-refractivity contribution is -0.0645. The molecule has 1 aromatic heterocycles. The second-order valence-corrected chi connectivity index (χ2v) is 5.61. The zero-order valence-electron chi connectivity index (χ0n) is 12.9. The summed E-state index contributed by atoms with van der Waals surface area (Å²) in [4.78, 5) is 20.4. The molecule has 0 radical (unpaired) electrons. The standard InChI is InChI=1S/C15H23N3O3/c1-4-21-13(19)11-9-17-14(18-12(11)16)15(20-3)7-5-6-10(2)8-15/h9-10H,4-8H2,1-3H3,(H2,16,17,18). The molecule has 2 rings (SSSR count). The monoisotopic (exact) mass is 293 g/mol. The van der Waals surface area contributed by atoms with E-state index in [-0.39, 0.29) is 11.4 Å². The Hall–Kier alpha value is -1.69. The van der Waals surface area contributed by atoms with Crippen LogP contribution in [0.4, 0.5) is 5.82 Å². The van der Waals surface area contributed by atoms with E-state index in [4.69, 9.17) is 15.2 Å². The number of anilines is 1. The third-order valence-electron chi connectivity index (χ3n) is 4.07. The van der Waals surface area contributed by atoms with E-state index in [9.17, 15) is 4.79 Å². The highest BCUT2D eigenvalue weighted by atomic mass is 16.5. The zero-order valence-corrected chi connectivity index (χ0v) is 12.9. The minimum atomic E-state index is -0.501. The van der Waals surface area contributed by atoms with Gasteiger partial charge < -0.3 is 15.2 Å². The highest BCUT2D eigenvalue weighted by Crippen LogP contribution is 2.41. The minimum absolute atomic E-state index is 0.146. The van der Waals surface area contributed by atoms with Crippen molar-refractivity contribution in [1.82, 2.24) is 9.97 Å². The van der Waals surface area contributed by atoms with Gasteiger partial charge in [-0.05, 0) is 32.1 Å². The number of hydrogen-bond acceptors (Lipinski definition) is 6. The second-order valence-electron chi connectivity index (χ2n) is 5.61. The average molecular weight is 293 g/mol. The predicted octanol–water partition coefficient (Wildman–Crippen LogP) is 2.29. The van der Waals surface area contributed by atoms with Crippen LogP contribution < -0.4 is 5.73 Å². The first-order chi connectivity index (χ1) is 10.0. The molecule has 0 aromatic carbocycles. The summed E-state index contributed by atoms with van der Waals surface area (Å²) in [6.45, 7) is 4.23. The van der Waals surface area contributed by atoms with Crippen LogP contribution in [0, 0.1) is 5.92 Å². The number of carbonyl (C=O) groups excluding carboxylic acids is 1. The molecule has 21 heavy (non-hydrogen) atoms. The van der Waals surface area contributed by atoms with Crippen molar-refractivity contribution in [1.29, 1.82) is 0 Å². The molecule has 2 atom stereocenters. The second kappa shape index (κ2) is 6.39. The molecule has 1 aliphatic rings. The van der Waals surface area contributed by atoms with Gasteiger partial charge in [-0.3, -0.25) is 0 Å². The molecule has 0 aliphatic heterocycles. The fourth-order valence-corrected chi connectivity index (χ4v) is 2.96. The quantitative estimate of drug-likeness (QED) is 0.857. The molecule has 1 heterocycles. The lowest BCUT2D eigenvalue weighted by atomic mass is 9.78. The molecule has 0 spiro atoms. The molecule has 6 nitrogen and oxygen atoms in total. The van der Waals surface area contributed by atoms with Crippen molar-refractivity contribution in [2.24, 2.45) is 5.92 Å². The van der Waals surface area contributed by atoms with Gasteiger partial charge in [0.15, 0.2) is 5.82 Å². The average Bonchev–Trinajstić information content (AvgIpc) is 2.47. The Bertz CT molecular complexity index is 521. The highest BCUT2D eigenvalue weighted by Gasteiger charge is 2.39. The number of hydrogen-bond donors (Lipinski definition) is 1. The maximum absolute atomic E-state index is 11.7. The molecule has 0 bridgehead atoms. The summed E-state index contributed by atoms with van der Waals surface area (Å²) >= 11 is 0. The van der Waals surface area contributed by atoms with Crippen LogP contribution in [0.5, 0.6) is 0 Å². The number of carbonyl (C=O) groups is 1. The Balaban J connectivity index is 2.31. The molecular weight excluding hydrogens is 270 g/mol. The fourth-order valence-electron chi connectivity index (χ4n) is 2.96. The zero-order chi connectivity index (χ0) is 15.5. The summed E-state index contributed by atoms with van der Waals surface area (Å²) in [5, 5.41) is 0. The van der Waals surface area contributed by atoms with E-state index in [1.165, 1.54) is 12.6 Å². The molecule has 2 N–H and O–H groups in total. The Morgan fingerprint density at radius 1 is 1.57 bits per heavy atom. The normalized spacial score (nSPS) is 25.6. The van der Waals surface area contributed by atoms with E-state index < -0.39 is 11.6 Å². The highest BCUT2D eigenvalue weighted by molar-refractivity contribution is 5.93. The van der Waals surface area contributed by atoms with Gasteiger partial charge in [-0.1, -0.05) is 13.3 Å². The number of rotatable bonds is 4. The van der Waals surface area contributed by atoms with Crippen molar-refractivity contribution >= 4 is 11.8 Å². The molecule has 0 saturated heterocycles. The van der Waals surface area contributed by atoms with Crippen LogP contribution in [-0.2, 0) is 15.1 Å². The smallest absolute Gasteiger partial charge is 0.343 e. The van der Waals surface area contributed by atoms with Gasteiger partial charge in [0.1, 0.15) is 17.0 Å². The third-order valence-corrected chi connectivity index (χ3v) is 4.07. The minimum Gasteiger partial charge on any atom is -0.462 e. The predicted molar refractivity (Wildman–Crippen MR) is 78.7 cm³/mol. The third kappa shape index (κ3) is 3.15. The van der Waals surface area contributed by atoms with Crippen molar-refractivity contribution in [2.45, 2.75) is 45.1 Å². The number of ether oxygens (including phenoxy) is 2. The lowest BCUT2D eigenvalue weighted by Gasteiger charge is -2.37. The number of esters is 1. The van der Waals surface area contributed by atoms with Crippen molar-refractivity contribution < 1.29 is 14.3 Å².